The van der Waals surface area contributed by atoms with Crippen LogP contribution in [0.25, 0.3) is 11.0 Å². The van der Waals surface area contributed by atoms with Crippen molar-refractivity contribution in [1.82, 2.24) is 34.7 Å². The Bertz CT molecular complexity index is 2470. The highest BCUT2D eigenvalue weighted by atomic mass is 35.5. The fourth-order valence-electron chi connectivity index (χ4n) is 7.04. The summed E-state index contributed by atoms with van der Waals surface area (Å²) in [4.78, 5) is 40.9. The fraction of sp³-hybridized carbons (Fsp3) is 0.583. The molecule has 2 N–H and O–H groups in total. The van der Waals surface area contributed by atoms with Gasteiger partial charge in [-0.25, -0.2) is 22.5 Å². The first-order valence-electron chi connectivity index (χ1n) is 25.0. The number of fused-ring (bicyclic) bond motifs is 1. The van der Waals surface area contributed by atoms with Crippen LogP contribution in [0, 0.1) is 17.5 Å². The number of rotatable bonds is 43. The third-order valence-electron chi connectivity index (χ3n) is 11.0. The number of ether oxygens (including phenoxy) is 12. The van der Waals surface area contributed by atoms with Crippen molar-refractivity contribution < 1.29 is 89.1 Å². The van der Waals surface area contributed by atoms with Crippen LogP contribution in [0.4, 0.5) is 19.0 Å². The zero-order valence-corrected chi connectivity index (χ0v) is 45.7. The number of aryl methyl sites for hydroxylation is 1. The number of nitrogens with zero attached hydrogens (tertiary/aromatic N) is 8. The molecule has 2 atom stereocenters. The number of esters is 1. The fourth-order valence-corrected chi connectivity index (χ4v) is 8.33. The van der Waals surface area contributed by atoms with E-state index < -0.39 is 37.5 Å². The second-order valence-electron chi connectivity index (χ2n) is 16.8. The minimum absolute atomic E-state index is 0.00826. The van der Waals surface area contributed by atoms with Crippen molar-refractivity contribution in [3.8, 4) is 17.2 Å². The highest BCUT2D eigenvalue weighted by Gasteiger charge is 2.32. The van der Waals surface area contributed by atoms with E-state index >= 15 is 0 Å². The molecule has 0 saturated carbocycles. The molecule has 5 aromatic rings. The van der Waals surface area contributed by atoms with E-state index in [0.717, 1.165) is 11.1 Å². The Labute approximate surface area is 456 Å². The molecule has 78 heavy (non-hydrogen) atoms. The minimum atomic E-state index is -1.97. The normalized spacial score (nSPS) is 13.4. The van der Waals surface area contributed by atoms with Crippen LogP contribution in [0.5, 0.6) is 17.2 Å². The SMILES string of the molecule is COC(CCn1ncc2c(N3CC(Oc4ccc(OCCOCCOCCOCCOCc5cn(CCOCCOCCOCCOCCC(=O)Oc6c(F)cc(F)cc6F)nn5)cc4)C3)nc(Cl)nc21)COPCP(O)O. The Morgan fingerprint density at radius 3 is 2.00 bits per heavy atom. The molecule has 0 amide bonds. The Kier molecular flexibility index (Phi) is 28.9. The van der Waals surface area contributed by atoms with E-state index in [1.807, 2.05) is 24.3 Å². The Morgan fingerprint density at radius 1 is 0.782 bits per heavy atom. The number of anilines is 1. The Balaban J connectivity index is 0.677. The number of hydrogen-bond donors (Lipinski definition) is 2. The van der Waals surface area contributed by atoms with Crippen molar-refractivity contribution in [3.05, 3.63) is 77.2 Å². The first-order valence-corrected chi connectivity index (χ1v) is 27.9. The van der Waals surface area contributed by atoms with E-state index in [9.17, 15) is 18.0 Å². The van der Waals surface area contributed by atoms with Gasteiger partial charge < -0.3 is 76.1 Å². The predicted octanol–water partition coefficient (Wildman–Crippen LogP) is 4.73. The topological polar surface area (TPSA) is 255 Å². The number of halogens is 4. The number of hydrogen-bond acceptors (Lipinski definition) is 22. The van der Waals surface area contributed by atoms with Crippen molar-refractivity contribution in [2.45, 2.75) is 44.7 Å². The van der Waals surface area contributed by atoms with Crippen LogP contribution in [0.3, 0.4) is 0 Å². The average Bonchev–Trinajstić information content (AvgIpc) is 4.18. The van der Waals surface area contributed by atoms with Crippen molar-refractivity contribution in [2.75, 3.05) is 143 Å². The number of benzene rings is 2. The number of aromatic nitrogens is 7. The smallest absolute Gasteiger partial charge is 0.313 e. The lowest BCUT2D eigenvalue weighted by molar-refractivity contribution is -0.136. The van der Waals surface area contributed by atoms with Crippen LogP contribution in [0.1, 0.15) is 18.5 Å². The van der Waals surface area contributed by atoms with Gasteiger partial charge in [-0.3, -0.25) is 4.79 Å². The van der Waals surface area contributed by atoms with Gasteiger partial charge in [-0.05, 0) is 42.3 Å². The lowest BCUT2D eigenvalue weighted by Crippen LogP contribution is -2.54. The highest BCUT2D eigenvalue weighted by molar-refractivity contribution is 7.58. The molecule has 1 aliphatic heterocycles. The maximum atomic E-state index is 13.6. The standard InChI is InChI=1S/C48H66ClF3N8O16P2/c1-64-39(33-74-77-34-78(62)63)6-8-60-47-41(28-53-60)46(54-48(49)55-47)58-30-40(31-58)75-38-4-2-37(3-5-38)73-25-24-71-21-20-69-18-19-70-22-23-72-32-36-29-59(57-56-36)9-11-66-13-15-68-17-16-67-14-12-65-10-7-44(61)76-45-42(51)26-35(50)27-43(45)52/h2-5,26-29,39-40,62-63,77H,6-25,30-34H2,1H3. The summed E-state index contributed by atoms with van der Waals surface area (Å²) in [5.41, 5.74) is 1.31. The van der Waals surface area contributed by atoms with Gasteiger partial charge in [0.15, 0.2) is 25.7 Å². The summed E-state index contributed by atoms with van der Waals surface area (Å²) in [5, 5.41) is 13.6. The molecule has 2 unspecified atom stereocenters. The van der Waals surface area contributed by atoms with Crippen LogP contribution < -0.4 is 19.1 Å². The van der Waals surface area contributed by atoms with Gasteiger partial charge in [-0.2, -0.15) is 15.1 Å². The zero-order chi connectivity index (χ0) is 55.2. The molecule has 0 bridgehead atoms. The van der Waals surface area contributed by atoms with Crippen molar-refractivity contribution in [2.24, 2.45) is 0 Å². The molecule has 2 aromatic carbocycles. The lowest BCUT2D eigenvalue weighted by Gasteiger charge is -2.40. The van der Waals surface area contributed by atoms with E-state index in [1.165, 1.54) is 0 Å². The summed E-state index contributed by atoms with van der Waals surface area (Å²) in [5.74, 6) is -3.27. The summed E-state index contributed by atoms with van der Waals surface area (Å²) in [6.07, 6.45) is 3.63. The predicted molar refractivity (Wildman–Crippen MR) is 277 cm³/mol. The lowest BCUT2D eigenvalue weighted by atomic mass is 10.1. The number of carbonyl (C=O) groups excluding carboxylic acids is 1. The quantitative estimate of drug-likeness (QED) is 0.0176. The molecule has 4 heterocycles. The summed E-state index contributed by atoms with van der Waals surface area (Å²) < 4.78 is 115. The van der Waals surface area contributed by atoms with Crippen LogP contribution in [-0.4, -0.2) is 201 Å². The summed E-state index contributed by atoms with van der Waals surface area (Å²) in [7, 11) is -0.370. The maximum Gasteiger partial charge on any atom is 0.313 e. The van der Waals surface area contributed by atoms with E-state index in [2.05, 4.69) is 35.0 Å². The van der Waals surface area contributed by atoms with Crippen molar-refractivity contribution >= 4 is 51.6 Å². The largest absolute Gasteiger partial charge is 0.491 e. The molecule has 0 aliphatic carbocycles. The molecular formula is C48H66ClF3N8O16P2. The molecule has 24 nitrogen and oxygen atoms in total. The van der Waals surface area contributed by atoms with Gasteiger partial charge in [-0.1, -0.05) is 5.21 Å². The van der Waals surface area contributed by atoms with E-state index in [1.54, 1.807) is 28.9 Å². The molecule has 1 fully saturated rings. The average molecular weight is 1170 g/mol. The molecule has 6 rings (SSSR count). The second kappa shape index (κ2) is 35.9. The van der Waals surface area contributed by atoms with Gasteiger partial charge in [0.2, 0.25) is 11.0 Å². The molecule has 432 valence electrons. The van der Waals surface area contributed by atoms with E-state index in [4.69, 9.17) is 78.0 Å². The second-order valence-corrected chi connectivity index (χ2v) is 19.7. The monoisotopic (exact) mass is 1160 g/mol. The third-order valence-corrected chi connectivity index (χ3v) is 13.1. The van der Waals surface area contributed by atoms with Crippen molar-refractivity contribution in [3.63, 3.8) is 0 Å². The molecule has 1 aliphatic rings. The Hall–Kier alpha value is -4.54. The molecule has 3 aromatic heterocycles. The first kappa shape index (κ1) is 62.7. The van der Waals surface area contributed by atoms with Crippen LogP contribution in [-0.2, 0) is 71.6 Å². The number of carbonyl (C=O) groups is 1. The van der Waals surface area contributed by atoms with Crippen LogP contribution in [0.2, 0.25) is 5.28 Å². The van der Waals surface area contributed by atoms with Crippen LogP contribution in [0.15, 0.2) is 48.8 Å². The van der Waals surface area contributed by atoms with Gasteiger partial charge in [-0.15, -0.1) is 5.10 Å². The summed E-state index contributed by atoms with van der Waals surface area (Å²) in [6, 6.07) is 8.30. The maximum absolute atomic E-state index is 13.6. The first-order chi connectivity index (χ1) is 38.0. The van der Waals surface area contributed by atoms with Gasteiger partial charge in [0, 0.05) is 34.6 Å². The van der Waals surface area contributed by atoms with Gasteiger partial charge >= 0.3 is 5.97 Å². The molecule has 30 heteroatoms. The third kappa shape index (κ3) is 23.3. The van der Waals surface area contributed by atoms with E-state index in [-0.39, 0.29) is 58.4 Å². The van der Waals surface area contributed by atoms with Gasteiger partial charge in [0.25, 0.3) is 0 Å². The zero-order valence-electron chi connectivity index (χ0n) is 43.1. The summed E-state index contributed by atoms with van der Waals surface area (Å²) >= 11 is 6.35. The molecular weight excluding hydrogens is 1100 g/mol. The minimum Gasteiger partial charge on any atom is -0.491 e. The molecule has 1 saturated heterocycles. The molecule has 0 radical (unpaired) electrons. The van der Waals surface area contributed by atoms with E-state index in [0.29, 0.717) is 167 Å². The Morgan fingerprint density at radius 2 is 1.37 bits per heavy atom. The summed E-state index contributed by atoms with van der Waals surface area (Å²) in [6.45, 7) is 8.35. The van der Waals surface area contributed by atoms with Gasteiger partial charge in [0.05, 0.1) is 168 Å². The van der Waals surface area contributed by atoms with Crippen molar-refractivity contribution in [1.29, 1.82) is 0 Å². The highest BCUT2D eigenvalue weighted by Crippen LogP contribution is 2.34. The van der Waals surface area contributed by atoms with Crippen LogP contribution >= 0.6 is 28.8 Å². The van der Waals surface area contributed by atoms with Gasteiger partial charge in [0.1, 0.15) is 41.5 Å². The number of methoxy groups -OCH3 is 1. The molecule has 0 spiro atoms.